The quantitative estimate of drug-likeness (QED) is 0.417. The van der Waals surface area contributed by atoms with Crippen LogP contribution in [0.25, 0.3) is 0 Å². The van der Waals surface area contributed by atoms with Crippen LogP contribution in [0.4, 0.5) is 0 Å². The van der Waals surface area contributed by atoms with Crippen molar-refractivity contribution in [3.05, 3.63) is 24.3 Å². The van der Waals surface area contributed by atoms with E-state index in [1.54, 1.807) is 6.08 Å². The molecular weight excluding hydrogens is 192 g/mol. The summed E-state index contributed by atoms with van der Waals surface area (Å²) in [5.41, 5.74) is 0. The number of ether oxygens (including phenoxy) is 1. The van der Waals surface area contributed by atoms with Gasteiger partial charge in [-0.05, 0) is 19.4 Å². The highest BCUT2D eigenvalue weighted by molar-refractivity contribution is 5.19. The molecule has 1 aliphatic carbocycles. The highest BCUT2D eigenvalue weighted by atomic mass is 17.1. The lowest BCUT2D eigenvalue weighted by molar-refractivity contribution is -0.396. The number of allylic oxidation sites excluding steroid dienone is 2. The van der Waals surface area contributed by atoms with E-state index in [-0.39, 0.29) is 5.92 Å². The summed E-state index contributed by atoms with van der Waals surface area (Å²) >= 11 is 0. The van der Waals surface area contributed by atoms with E-state index in [9.17, 15) is 0 Å². The smallest absolute Gasteiger partial charge is 0.227 e. The lowest BCUT2D eigenvalue weighted by Crippen LogP contribution is -2.41. The van der Waals surface area contributed by atoms with Crippen molar-refractivity contribution in [2.45, 2.75) is 38.9 Å². The van der Waals surface area contributed by atoms with E-state index in [1.165, 1.54) is 0 Å². The molecule has 0 fully saturated rings. The van der Waals surface area contributed by atoms with Crippen molar-refractivity contribution < 1.29 is 14.9 Å². The maximum absolute atomic E-state index is 9.03. The Labute approximate surface area is 91.3 Å². The van der Waals surface area contributed by atoms with Crippen molar-refractivity contribution in [2.75, 3.05) is 6.61 Å². The molecule has 0 aromatic heterocycles. The minimum absolute atomic E-state index is 0.0902. The summed E-state index contributed by atoms with van der Waals surface area (Å²) in [6.45, 7) is 4.55. The van der Waals surface area contributed by atoms with E-state index in [2.05, 4.69) is 11.8 Å². The average Bonchev–Trinajstić information content (AvgIpc) is 2.28. The second-order valence-corrected chi connectivity index (χ2v) is 3.74. The second kappa shape index (κ2) is 6.05. The Hall–Kier alpha value is -0.640. The van der Waals surface area contributed by atoms with E-state index in [4.69, 9.17) is 9.99 Å². The molecule has 1 N–H and O–H groups in total. The summed E-state index contributed by atoms with van der Waals surface area (Å²) in [5, 5.41) is 9.03. The van der Waals surface area contributed by atoms with Gasteiger partial charge in [-0.3, -0.25) is 0 Å². The van der Waals surface area contributed by atoms with Gasteiger partial charge in [0.15, 0.2) is 0 Å². The Morgan fingerprint density at radius 3 is 2.73 bits per heavy atom. The second-order valence-electron chi connectivity index (χ2n) is 3.74. The predicted molar refractivity (Wildman–Crippen MR) is 59.4 cm³/mol. The van der Waals surface area contributed by atoms with Gasteiger partial charge in [-0.25, -0.2) is 5.26 Å². The van der Waals surface area contributed by atoms with E-state index in [1.807, 2.05) is 25.2 Å². The predicted octanol–water partition coefficient (Wildman–Crippen LogP) is 3.14. The topological polar surface area (TPSA) is 38.7 Å². The largest absolute Gasteiger partial charge is 0.344 e. The molecule has 3 heteroatoms. The van der Waals surface area contributed by atoms with Crippen molar-refractivity contribution in [1.29, 1.82) is 0 Å². The van der Waals surface area contributed by atoms with Crippen LogP contribution in [-0.4, -0.2) is 17.7 Å². The molecule has 1 rings (SSSR count). The van der Waals surface area contributed by atoms with Crippen molar-refractivity contribution in [3.63, 3.8) is 0 Å². The molecule has 2 unspecified atom stereocenters. The SMILES string of the molecule is CCCCC1C=CC=CC1(OO)OCC. The summed E-state index contributed by atoms with van der Waals surface area (Å²) in [7, 11) is 0. The van der Waals surface area contributed by atoms with Crippen LogP contribution in [0, 0.1) is 5.92 Å². The highest BCUT2D eigenvalue weighted by Crippen LogP contribution is 2.32. The molecule has 15 heavy (non-hydrogen) atoms. The minimum atomic E-state index is -0.974. The molecule has 0 heterocycles. The third-order valence-corrected chi connectivity index (χ3v) is 2.68. The molecule has 0 saturated heterocycles. The maximum Gasteiger partial charge on any atom is 0.227 e. The van der Waals surface area contributed by atoms with E-state index >= 15 is 0 Å². The molecule has 0 bridgehead atoms. The lowest BCUT2D eigenvalue weighted by Gasteiger charge is -2.34. The van der Waals surface area contributed by atoms with Gasteiger partial charge in [-0.15, -0.1) is 0 Å². The number of hydrogen-bond donors (Lipinski definition) is 1. The van der Waals surface area contributed by atoms with Crippen molar-refractivity contribution in [2.24, 2.45) is 5.92 Å². The number of rotatable bonds is 6. The Bertz CT molecular complexity index is 235. The summed E-state index contributed by atoms with van der Waals surface area (Å²) in [4.78, 5) is 4.57. The summed E-state index contributed by atoms with van der Waals surface area (Å²) in [5.74, 6) is -0.883. The van der Waals surface area contributed by atoms with Crippen LogP contribution in [0.2, 0.25) is 0 Å². The maximum atomic E-state index is 9.03. The zero-order valence-electron chi connectivity index (χ0n) is 9.48. The van der Waals surface area contributed by atoms with Crippen LogP contribution in [0.3, 0.4) is 0 Å². The molecule has 0 aliphatic heterocycles. The third kappa shape index (κ3) is 2.91. The zero-order chi connectivity index (χ0) is 11.1. The van der Waals surface area contributed by atoms with Gasteiger partial charge >= 0.3 is 0 Å². The summed E-state index contributed by atoms with van der Waals surface area (Å²) in [6.07, 6.45) is 10.8. The minimum Gasteiger partial charge on any atom is -0.344 e. The van der Waals surface area contributed by atoms with E-state index in [0.29, 0.717) is 6.61 Å². The first-order valence-corrected chi connectivity index (χ1v) is 5.61. The molecule has 3 nitrogen and oxygen atoms in total. The van der Waals surface area contributed by atoms with Crippen molar-refractivity contribution in [3.8, 4) is 0 Å². The van der Waals surface area contributed by atoms with Crippen LogP contribution < -0.4 is 0 Å². The first-order chi connectivity index (χ1) is 7.29. The first-order valence-electron chi connectivity index (χ1n) is 5.61. The first kappa shape index (κ1) is 12.4. The highest BCUT2D eigenvalue weighted by Gasteiger charge is 2.38. The standard InChI is InChI=1S/C12H20O3/c1-3-5-8-11-9-6-7-10-12(11,15-13)14-4-2/h6-7,9-11,13H,3-5,8H2,1-2H3. The summed E-state index contributed by atoms with van der Waals surface area (Å²) in [6, 6.07) is 0. The van der Waals surface area contributed by atoms with Crippen LogP contribution in [0.15, 0.2) is 24.3 Å². The fourth-order valence-corrected chi connectivity index (χ4v) is 1.87. The fourth-order valence-electron chi connectivity index (χ4n) is 1.87. The Morgan fingerprint density at radius 2 is 2.13 bits per heavy atom. The molecule has 0 aromatic rings. The van der Waals surface area contributed by atoms with Crippen LogP contribution in [-0.2, 0) is 9.62 Å². The van der Waals surface area contributed by atoms with Crippen molar-refractivity contribution in [1.82, 2.24) is 0 Å². The van der Waals surface area contributed by atoms with Crippen LogP contribution in [0.1, 0.15) is 33.1 Å². The monoisotopic (exact) mass is 212 g/mol. The van der Waals surface area contributed by atoms with Gasteiger partial charge in [0.25, 0.3) is 0 Å². The van der Waals surface area contributed by atoms with E-state index < -0.39 is 5.79 Å². The fraction of sp³-hybridized carbons (Fsp3) is 0.667. The van der Waals surface area contributed by atoms with Gasteiger partial charge in [0.05, 0.1) is 0 Å². The van der Waals surface area contributed by atoms with Gasteiger partial charge < -0.3 is 4.74 Å². The molecule has 0 saturated carbocycles. The zero-order valence-corrected chi connectivity index (χ0v) is 9.48. The molecule has 1 aliphatic rings. The van der Waals surface area contributed by atoms with Crippen molar-refractivity contribution >= 4 is 0 Å². The third-order valence-electron chi connectivity index (χ3n) is 2.68. The number of hydrogen-bond acceptors (Lipinski definition) is 3. The lowest BCUT2D eigenvalue weighted by atomic mass is 9.89. The molecule has 0 radical (unpaired) electrons. The molecule has 0 aromatic carbocycles. The molecule has 0 amide bonds. The van der Waals surface area contributed by atoms with Crippen LogP contribution in [0.5, 0.6) is 0 Å². The van der Waals surface area contributed by atoms with Gasteiger partial charge in [0, 0.05) is 12.5 Å². The molecule has 86 valence electrons. The van der Waals surface area contributed by atoms with Gasteiger partial charge in [0.2, 0.25) is 5.79 Å². The normalized spacial score (nSPS) is 29.7. The Morgan fingerprint density at radius 1 is 1.33 bits per heavy atom. The van der Waals surface area contributed by atoms with Gasteiger partial charge in [-0.2, -0.15) is 4.89 Å². The van der Waals surface area contributed by atoms with Gasteiger partial charge in [-0.1, -0.05) is 38.0 Å². The van der Waals surface area contributed by atoms with E-state index in [0.717, 1.165) is 19.3 Å². The Balaban J connectivity index is 2.71. The molecule has 0 spiro atoms. The molecular formula is C12H20O3. The van der Waals surface area contributed by atoms with Crippen LogP contribution >= 0.6 is 0 Å². The van der Waals surface area contributed by atoms with Gasteiger partial charge in [0.1, 0.15) is 0 Å². The number of unbranched alkanes of at least 4 members (excludes halogenated alkanes) is 1. The molecule has 2 atom stereocenters. The summed E-state index contributed by atoms with van der Waals surface area (Å²) < 4.78 is 5.52. The Kier molecular flexibility index (Phi) is 5.02. The average molecular weight is 212 g/mol.